The van der Waals surface area contributed by atoms with Crippen molar-refractivity contribution in [1.82, 2.24) is 10.3 Å². The molecule has 0 spiro atoms. The Morgan fingerprint density at radius 1 is 1.14 bits per heavy atom. The highest BCUT2D eigenvalue weighted by atomic mass is 32.2. The fourth-order valence-electron chi connectivity index (χ4n) is 3.76. The highest BCUT2D eigenvalue weighted by Crippen LogP contribution is 2.32. The topological polar surface area (TPSA) is 95.5 Å². The van der Waals surface area contributed by atoms with Gasteiger partial charge in [0.25, 0.3) is 5.91 Å². The van der Waals surface area contributed by atoms with E-state index in [0.717, 1.165) is 11.3 Å². The molecule has 35 heavy (non-hydrogen) atoms. The minimum Gasteiger partial charge on any atom is -0.497 e. The van der Waals surface area contributed by atoms with Crippen molar-refractivity contribution in [3.8, 4) is 11.5 Å². The van der Waals surface area contributed by atoms with Crippen molar-refractivity contribution in [1.29, 1.82) is 0 Å². The van der Waals surface area contributed by atoms with Crippen molar-refractivity contribution in [2.45, 2.75) is 38.6 Å². The Balaban J connectivity index is 1.47. The van der Waals surface area contributed by atoms with E-state index in [1.165, 1.54) is 17.3 Å². The number of carbonyl (C=O) groups is 2. The quantitative estimate of drug-likeness (QED) is 0.603. The molecular formula is C25H29N5O4S. The van der Waals surface area contributed by atoms with Crippen LogP contribution in [0.3, 0.4) is 0 Å². The van der Waals surface area contributed by atoms with Crippen molar-refractivity contribution < 1.29 is 19.1 Å². The number of aryl methyl sites for hydroxylation is 2. The molecule has 0 bridgehead atoms. The molecule has 2 aliphatic rings. The maximum absolute atomic E-state index is 13.2. The number of fused-ring (bicyclic) bond motifs is 1. The molecule has 2 aliphatic heterocycles. The molecule has 0 aliphatic carbocycles. The molecule has 2 heterocycles. The van der Waals surface area contributed by atoms with Crippen LogP contribution in [-0.4, -0.2) is 47.5 Å². The number of amides is 2. The van der Waals surface area contributed by atoms with Gasteiger partial charge in [-0.05, 0) is 55.7 Å². The van der Waals surface area contributed by atoms with Crippen LogP contribution in [0.25, 0.3) is 0 Å². The van der Waals surface area contributed by atoms with Gasteiger partial charge in [0, 0.05) is 24.2 Å². The number of anilines is 2. The number of rotatable bonds is 7. The first-order valence-electron chi connectivity index (χ1n) is 11.3. The molecule has 2 unspecified atom stereocenters. The summed E-state index contributed by atoms with van der Waals surface area (Å²) in [5, 5.41) is 7.41. The van der Waals surface area contributed by atoms with Crippen molar-refractivity contribution in [2.24, 2.45) is 5.10 Å². The van der Waals surface area contributed by atoms with Gasteiger partial charge in [-0.3, -0.25) is 24.8 Å². The number of methoxy groups -OCH3 is 2. The number of carbonyl (C=O) groups excluding carboxylic acids is 2. The van der Waals surface area contributed by atoms with E-state index in [9.17, 15) is 9.59 Å². The molecule has 2 atom stereocenters. The lowest BCUT2D eigenvalue weighted by molar-refractivity contribution is -0.122. The number of nitrogens with one attached hydrogen (secondary N) is 2. The fourth-order valence-corrected chi connectivity index (χ4v) is 4.75. The Morgan fingerprint density at radius 3 is 2.63 bits per heavy atom. The van der Waals surface area contributed by atoms with Gasteiger partial charge in [0.05, 0.1) is 25.2 Å². The summed E-state index contributed by atoms with van der Waals surface area (Å²) in [6.07, 6.45) is 3.44. The summed E-state index contributed by atoms with van der Waals surface area (Å²) in [5.74, 6) is 0.808. The number of thioether (sulfide) groups is 1. The van der Waals surface area contributed by atoms with E-state index in [1.54, 1.807) is 48.4 Å². The van der Waals surface area contributed by atoms with Crippen LogP contribution < -0.4 is 25.1 Å². The molecule has 2 aromatic carbocycles. The van der Waals surface area contributed by atoms with Crippen molar-refractivity contribution >= 4 is 40.1 Å². The van der Waals surface area contributed by atoms with Crippen LogP contribution in [0.5, 0.6) is 11.5 Å². The summed E-state index contributed by atoms with van der Waals surface area (Å²) in [5.41, 5.74) is 6.52. The lowest BCUT2D eigenvalue weighted by Gasteiger charge is -2.32. The molecule has 184 valence electrons. The van der Waals surface area contributed by atoms with E-state index in [0.29, 0.717) is 28.8 Å². The Morgan fingerprint density at radius 2 is 1.94 bits per heavy atom. The van der Waals surface area contributed by atoms with Crippen LogP contribution in [0.1, 0.15) is 24.5 Å². The number of hydrogen-bond donors (Lipinski definition) is 2. The average molecular weight is 496 g/mol. The predicted octanol–water partition coefficient (Wildman–Crippen LogP) is 3.79. The van der Waals surface area contributed by atoms with Crippen molar-refractivity contribution in [3.63, 3.8) is 0 Å². The van der Waals surface area contributed by atoms with E-state index < -0.39 is 11.4 Å². The highest BCUT2D eigenvalue weighted by molar-refractivity contribution is 8.14. The lowest BCUT2D eigenvalue weighted by atomic mass is 10.1. The minimum absolute atomic E-state index is 0.145. The first kappa shape index (κ1) is 24.5. The third-order valence-electron chi connectivity index (χ3n) is 5.97. The summed E-state index contributed by atoms with van der Waals surface area (Å²) in [7, 11) is 3.11. The third kappa shape index (κ3) is 4.93. The van der Waals surface area contributed by atoms with Gasteiger partial charge in [-0.25, -0.2) is 0 Å². The van der Waals surface area contributed by atoms with E-state index in [2.05, 4.69) is 15.8 Å². The minimum atomic E-state index is -0.664. The molecule has 0 fully saturated rings. The number of hydrazone groups is 1. The van der Waals surface area contributed by atoms with Crippen LogP contribution in [0, 0.1) is 13.8 Å². The number of hydrogen-bond acceptors (Lipinski definition) is 8. The second-order valence-corrected chi connectivity index (χ2v) is 9.35. The Bertz CT molecular complexity index is 1200. The Hall–Kier alpha value is -3.66. The molecular weight excluding hydrogens is 466 g/mol. The summed E-state index contributed by atoms with van der Waals surface area (Å²) >= 11 is 1.30. The van der Waals surface area contributed by atoms with Crippen LogP contribution in [-0.2, 0) is 9.59 Å². The molecule has 0 saturated heterocycles. The second kappa shape index (κ2) is 10.3. The molecule has 0 saturated carbocycles. The van der Waals surface area contributed by atoms with Crippen molar-refractivity contribution in [2.75, 3.05) is 24.4 Å². The van der Waals surface area contributed by atoms with Crippen LogP contribution in [0.15, 0.2) is 53.9 Å². The van der Waals surface area contributed by atoms with E-state index in [1.807, 2.05) is 45.2 Å². The monoisotopic (exact) mass is 495 g/mol. The van der Waals surface area contributed by atoms with Crippen LogP contribution in [0.2, 0.25) is 0 Å². The number of amidine groups is 1. The largest absolute Gasteiger partial charge is 0.497 e. The SMILES string of the molecule is CCC(SC1=NNC2C(=O)N(c3ccc(C)c(C)c3)C=CN12)C(=O)Nc1cc(OC)ccc1OC. The van der Waals surface area contributed by atoms with Gasteiger partial charge in [-0.15, -0.1) is 0 Å². The molecule has 2 N–H and O–H groups in total. The molecule has 9 nitrogen and oxygen atoms in total. The molecule has 0 aromatic heterocycles. The zero-order chi connectivity index (χ0) is 25.1. The van der Waals surface area contributed by atoms with Gasteiger partial charge in [-0.2, -0.15) is 5.10 Å². The van der Waals surface area contributed by atoms with Gasteiger partial charge in [0.1, 0.15) is 11.5 Å². The van der Waals surface area contributed by atoms with Gasteiger partial charge >= 0.3 is 0 Å². The van der Waals surface area contributed by atoms with E-state index in [-0.39, 0.29) is 11.8 Å². The van der Waals surface area contributed by atoms with Gasteiger partial charge in [-0.1, -0.05) is 24.8 Å². The summed E-state index contributed by atoms with van der Waals surface area (Å²) in [6.45, 7) is 5.99. The second-order valence-electron chi connectivity index (χ2n) is 8.18. The zero-order valence-corrected chi connectivity index (χ0v) is 21.2. The Kier molecular flexibility index (Phi) is 7.20. The van der Waals surface area contributed by atoms with E-state index >= 15 is 0 Å². The third-order valence-corrected chi connectivity index (χ3v) is 7.32. The highest BCUT2D eigenvalue weighted by Gasteiger charge is 2.39. The molecule has 2 aromatic rings. The zero-order valence-electron chi connectivity index (χ0n) is 20.4. The number of benzene rings is 2. The fraction of sp³-hybridized carbons (Fsp3) is 0.320. The van der Waals surface area contributed by atoms with Crippen molar-refractivity contribution in [3.05, 3.63) is 59.9 Å². The standard InChI is InChI=1S/C25H29N5O4S/c1-6-21(23(31)26-19-14-18(33-4)9-10-20(19)34-5)35-25-28-27-22-24(32)29(11-12-30(22)25)17-8-7-15(2)16(3)13-17/h7-14,21-22,27H,6H2,1-5H3,(H,26,31). The predicted molar refractivity (Wildman–Crippen MR) is 139 cm³/mol. The maximum Gasteiger partial charge on any atom is 0.276 e. The maximum atomic E-state index is 13.2. The summed E-state index contributed by atoms with van der Waals surface area (Å²) in [4.78, 5) is 29.7. The summed E-state index contributed by atoms with van der Waals surface area (Å²) in [6, 6.07) is 11.1. The number of ether oxygens (including phenoxy) is 2. The molecule has 4 rings (SSSR count). The van der Waals surface area contributed by atoms with Gasteiger partial charge < -0.3 is 14.8 Å². The van der Waals surface area contributed by atoms with Gasteiger partial charge in [0.2, 0.25) is 12.1 Å². The molecule has 10 heteroatoms. The van der Waals surface area contributed by atoms with Crippen LogP contribution in [0.4, 0.5) is 11.4 Å². The Labute approximate surface area is 209 Å². The van der Waals surface area contributed by atoms with Crippen LogP contribution >= 0.6 is 11.8 Å². The molecule has 2 amide bonds. The smallest absolute Gasteiger partial charge is 0.276 e. The first-order chi connectivity index (χ1) is 16.9. The summed E-state index contributed by atoms with van der Waals surface area (Å²) < 4.78 is 10.6. The lowest BCUT2D eigenvalue weighted by Crippen LogP contribution is -2.52. The number of nitrogens with zero attached hydrogens (tertiary/aromatic N) is 3. The average Bonchev–Trinajstić information content (AvgIpc) is 3.28. The first-order valence-corrected chi connectivity index (χ1v) is 12.1. The normalized spacial score (nSPS) is 17.5. The van der Waals surface area contributed by atoms with Gasteiger partial charge in [0.15, 0.2) is 5.17 Å². The van der Waals surface area contributed by atoms with E-state index in [4.69, 9.17) is 9.47 Å². The molecule has 0 radical (unpaired) electrons.